The van der Waals surface area contributed by atoms with Crippen LogP contribution in [0.2, 0.25) is 0 Å². The SMILES string of the molecule is C=Cc1cc2c(N3CCC4(CC3)CN(C(=O)C(=C)F)C4)nc(OC3CCN(CCOC)CC3)nc2c(OCC(F)(F)F)c1-c1c(C)ccc2[nH]ncc12. The van der Waals surface area contributed by atoms with Gasteiger partial charge in [0.2, 0.25) is 0 Å². The lowest BCUT2D eigenvalue weighted by Gasteiger charge is -2.54. The minimum atomic E-state index is -4.63. The number of carbonyl (C=O) groups excluding carboxylic acids is 1. The van der Waals surface area contributed by atoms with Gasteiger partial charge in [-0.3, -0.25) is 9.89 Å². The van der Waals surface area contributed by atoms with Gasteiger partial charge in [0, 0.05) is 74.7 Å². The number of amides is 1. The van der Waals surface area contributed by atoms with Crippen molar-refractivity contribution >= 4 is 39.6 Å². The summed E-state index contributed by atoms with van der Waals surface area (Å²) < 4.78 is 72.9. The van der Waals surface area contributed by atoms with Crippen LogP contribution >= 0.6 is 0 Å². The molecule has 7 rings (SSSR count). The number of hydrogen-bond donors (Lipinski definition) is 1. The molecule has 1 spiro atoms. The van der Waals surface area contributed by atoms with Crippen LogP contribution in [0.5, 0.6) is 11.8 Å². The maximum Gasteiger partial charge on any atom is 0.422 e. The maximum absolute atomic E-state index is 14.0. The van der Waals surface area contributed by atoms with Crippen molar-refractivity contribution in [3.05, 3.63) is 54.5 Å². The number of alkyl halides is 3. The van der Waals surface area contributed by atoms with Crippen LogP contribution in [0.15, 0.2) is 43.4 Å². The van der Waals surface area contributed by atoms with Gasteiger partial charge in [-0.25, -0.2) is 4.39 Å². The first kappa shape index (κ1) is 36.6. The second-order valence-corrected chi connectivity index (χ2v) is 14.3. The molecule has 0 bridgehead atoms. The Morgan fingerprint density at radius 1 is 1.09 bits per heavy atom. The number of H-pyrrole nitrogens is 1. The molecule has 1 N–H and O–H groups in total. The number of anilines is 1. The summed E-state index contributed by atoms with van der Waals surface area (Å²) in [6.07, 6.45) is 1.22. The summed E-state index contributed by atoms with van der Waals surface area (Å²) >= 11 is 0. The van der Waals surface area contributed by atoms with Crippen LogP contribution in [0, 0.1) is 12.3 Å². The van der Waals surface area contributed by atoms with Crippen molar-refractivity contribution in [3.63, 3.8) is 0 Å². The molecule has 2 aromatic heterocycles. The number of aromatic nitrogens is 4. The number of ether oxygens (including phenoxy) is 3. The van der Waals surface area contributed by atoms with E-state index in [4.69, 9.17) is 24.2 Å². The predicted molar refractivity (Wildman–Crippen MR) is 194 cm³/mol. The molecular weight excluding hydrogens is 694 g/mol. The summed E-state index contributed by atoms with van der Waals surface area (Å²) in [5.41, 5.74) is 3.14. The van der Waals surface area contributed by atoms with Crippen LogP contribution in [0.25, 0.3) is 39.0 Å². The number of benzene rings is 2. The predicted octanol–water partition coefficient (Wildman–Crippen LogP) is 6.47. The summed E-state index contributed by atoms with van der Waals surface area (Å²) in [5, 5.41) is 8.36. The summed E-state index contributed by atoms with van der Waals surface area (Å²) in [7, 11) is 1.67. The highest BCUT2D eigenvalue weighted by Gasteiger charge is 2.47. The number of aromatic amines is 1. The molecule has 0 unspecified atom stereocenters. The van der Waals surface area contributed by atoms with E-state index in [0.29, 0.717) is 97.3 Å². The van der Waals surface area contributed by atoms with E-state index >= 15 is 0 Å². The molecule has 3 fully saturated rings. The Balaban J connectivity index is 1.33. The Hall–Kier alpha value is -4.76. The largest absolute Gasteiger partial charge is 0.481 e. The first-order valence-electron chi connectivity index (χ1n) is 17.8. The van der Waals surface area contributed by atoms with Crippen LogP contribution in [-0.4, -0.2) is 114 Å². The van der Waals surface area contributed by atoms with E-state index in [-0.39, 0.29) is 28.8 Å². The summed E-state index contributed by atoms with van der Waals surface area (Å²) in [6.45, 7) is 12.5. The van der Waals surface area contributed by atoms with E-state index in [1.54, 1.807) is 19.4 Å². The number of nitrogens with one attached hydrogen (secondary N) is 1. The van der Waals surface area contributed by atoms with Gasteiger partial charge in [0.1, 0.15) is 17.4 Å². The van der Waals surface area contributed by atoms with E-state index in [1.807, 2.05) is 25.1 Å². The number of carbonyl (C=O) groups is 1. The van der Waals surface area contributed by atoms with Crippen molar-refractivity contribution in [2.75, 3.05) is 71.0 Å². The van der Waals surface area contributed by atoms with Crippen LogP contribution in [0.3, 0.4) is 0 Å². The number of halogens is 4. The Kier molecular flexibility index (Phi) is 10.1. The highest BCUT2D eigenvalue weighted by atomic mass is 19.4. The standard InChI is InChI=1S/C38H43F4N7O4/c1-5-25-18-27-32(33(52-22-38(40,41)42)31(25)30-23(2)6-7-29-28(30)19-43-46-29)44-36(53-26-8-12-47(13-9-26)16-17-51-4)45-34(27)48-14-10-37(11-15-48)20-49(21-37)35(50)24(3)39/h5-7,18-19,26H,1,3,8-17,20-22H2,2,4H3,(H,43,46). The summed E-state index contributed by atoms with van der Waals surface area (Å²) in [4.78, 5) is 27.8. The monoisotopic (exact) mass is 737 g/mol. The van der Waals surface area contributed by atoms with Crippen LogP contribution < -0.4 is 14.4 Å². The number of likely N-dealkylation sites (tertiary alicyclic amines) is 2. The van der Waals surface area contributed by atoms with Gasteiger partial charge in [-0.05, 0) is 61.4 Å². The number of methoxy groups -OCH3 is 1. The second-order valence-electron chi connectivity index (χ2n) is 14.3. The third-order valence-electron chi connectivity index (χ3n) is 10.7. The molecule has 0 radical (unpaired) electrons. The fourth-order valence-corrected chi connectivity index (χ4v) is 7.89. The minimum absolute atomic E-state index is 0.0532. The van der Waals surface area contributed by atoms with E-state index < -0.39 is 24.5 Å². The van der Waals surface area contributed by atoms with Gasteiger partial charge in [0.05, 0.1) is 18.3 Å². The van der Waals surface area contributed by atoms with Crippen molar-refractivity contribution in [3.8, 4) is 22.9 Å². The topological polar surface area (TPSA) is 109 Å². The molecule has 3 aliphatic heterocycles. The summed E-state index contributed by atoms with van der Waals surface area (Å²) in [6, 6.07) is 5.65. The van der Waals surface area contributed by atoms with Gasteiger partial charge in [-0.15, -0.1) is 0 Å². The zero-order valence-corrected chi connectivity index (χ0v) is 29.9. The third-order valence-corrected chi connectivity index (χ3v) is 10.7. The quantitative estimate of drug-likeness (QED) is 0.137. The van der Waals surface area contributed by atoms with Crippen LogP contribution in [0.4, 0.5) is 23.4 Å². The molecule has 53 heavy (non-hydrogen) atoms. The molecule has 15 heteroatoms. The number of fused-ring (bicyclic) bond motifs is 2. The number of piperidine rings is 2. The lowest BCUT2D eigenvalue weighted by Crippen LogP contribution is -2.62. The molecule has 0 saturated carbocycles. The minimum Gasteiger partial charge on any atom is -0.481 e. The Bertz CT molecular complexity index is 2030. The van der Waals surface area contributed by atoms with Crippen LogP contribution in [0.1, 0.15) is 36.8 Å². The average molecular weight is 738 g/mol. The zero-order chi connectivity index (χ0) is 37.5. The molecule has 0 atom stereocenters. The number of nitrogens with zero attached hydrogens (tertiary/aromatic N) is 6. The highest BCUT2D eigenvalue weighted by Crippen LogP contribution is 2.48. The first-order valence-corrected chi connectivity index (χ1v) is 17.8. The number of hydrogen-bond acceptors (Lipinski definition) is 9. The molecule has 1 amide bonds. The lowest BCUT2D eigenvalue weighted by molar-refractivity contribution is -0.153. The molecule has 282 valence electrons. The molecular formula is C38H43F4N7O4. The van der Waals surface area contributed by atoms with Crippen molar-refractivity contribution in [2.45, 2.75) is 44.9 Å². The van der Waals surface area contributed by atoms with E-state index in [1.165, 1.54) is 4.90 Å². The molecule has 2 aromatic carbocycles. The normalized spacial score (nSPS) is 18.1. The highest BCUT2D eigenvalue weighted by molar-refractivity contribution is 6.07. The maximum atomic E-state index is 14.0. The first-order chi connectivity index (χ1) is 25.4. The average Bonchev–Trinajstić information content (AvgIpc) is 3.60. The molecule has 5 heterocycles. The van der Waals surface area contributed by atoms with Crippen molar-refractivity contribution in [2.24, 2.45) is 5.41 Å². The van der Waals surface area contributed by atoms with Gasteiger partial charge < -0.3 is 28.9 Å². The van der Waals surface area contributed by atoms with Crippen molar-refractivity contribution in [1.29, 1.82) is 0 Å². The van der Waals surface area contributed by atoms with Gasteiger partial charge in [0.25, 0.3) is 5.91 Å². The van der Waals surface area contributed by atoms with Crippen LogP contribution in [-0.2, 0) is 9.53 Å². The third kappa shape index (κ3) is 7.41. The number of rotatable bonds is 11. The van der Waals surface area contributed by atoms with Gasteiger partial charge >= 0.3 is 12.2 Å². The van der Waals surface area contributed by atoms with Crippen molar-refractivity contribution in [1.82, 2.24) is 30.0 Å². The summed E-state index contributed by atoms with van der Waals surface area (Å²) in [5.74, 6) is -1.21. The second kappa shape index (κ2) is 14.6. The molecule has 3 saturated heterocycles. The molecule has 4 aromatic rings. The van der Waals surface area contributed by atoms with Gasteiger partial charge in [-0.1, -0.05) is 25.3 Å². The molecule has 0 aliphatic carbocycles. The van der Waals surface area contributed by atoms with E-state index in [2.05, 4.69) is 33.2 Å². The molecule has 3 aliphatic rings. The smallest absolute Gasteiger partial charge is 0.422 e. The van der Waals surface area contributed by atoms with E-state index in [9.17, 15) is 22.4 Å². The van der Waals surface area contributed by atoms with Gasteiger partial charge in [-0.2, -0.15) is 28.2 Å². The van der Waals surface area contributed by atoms with E-state index in [0.717, 1.165) is 25.2 Å². The zero-order valence-electron chi connectivity index (χ0n) is 29.9. The van der Waals surface area contributed by atoms with Gasteiger partial charge in [0.15, 0.2) is 18.2 Å². The molecule has 11 nitrogen and oxygen atoms in total. The van der Waals surface area contributed by atoms with Crippen molar-refractivity contribution < 1.29 is 36.6 Å². The Morgan fingerprint density at radius 2 is 1.83 bits per heavy atom. The lowest BCUT2D eigenvalue weighted by atomic mass is 9.72. The fraction of sp³-hybridized carbons (Fsp3) is 0.474. The fourth-order valence-electron chi connectivity index (χ4n) is 7.89. The Labute approximate surface area is 304 Å². The number of aryl methyl sites for hydroxylation is 1. The Morgan fingerprint density at radius 3 is 2.49 bits per heavy atom.